The zero-order chi connectivity index (χ0) is 18.8. The van der Waals surface area contributed by atoms with Crippen molar-refractivity contribution < 1.29 is 32.5 Å². The number of fused-ring (bicyclic) bond motifs is 1. The van der Waals surface area contributed by atoms with Crippen LogP contribution in [0.5, 0.6) is 17.2 Å². The molecule has 1 aromatic carbocycles. The minimum atomic E-state index is -2.93. The summed E-state index contributed by atoms with van der Waals surface area (Å²) < 4.78 is 50.5. The largest absolute Gasteiger partial charge is 0.454 e. The van der Waals surface area contributed by atoms with E-state index in [-0.39, 0.29) is 43.1 Å². The second kappa shape index (κ2) is 12.7. The first kappa shape index (κ1) is 23.4. The van der Waals surface area contributed by atoms with Gasteiger partial charge < -0.3 is 34.3 Å². The SMILES string of the molecule is CN=C(NCCOCCOC)NCc1cc2c(cc1OC(F)F)OCO2.I. The monoisotopic (exact) mass is 503 g/mol. The van der Waals surface area contributed by atoms with Crippen molar-refractivity contribution in [3.8, 4) is 17.2 Å². The lowest BCUT2D eigenvalue weighted by atomic mass is 10.1. The van der Waals surface area contributed by atoms with E-state index in [1.165, 1.54) is 6.07 Å². The number of halogens is 3. The molecular weight excluding hydrogens is 479 g/mol. The highest BCUT2D eigenvalue weighted by atomic mass is 127. The molecule has 1 aliphatic heterocycles. The van der Waals surface area contributed by atoms with Crippen LogP contribution < -0.4 is 24.8 Å². The molecule has 0 radical (unpaired) electrons. The summed E-state index contributed by atoms with van der Waals surface area (Å²) in [6, 6.07) is 3.00. The van der Waals surface area contributed by atoms with Crippen LogP contribution in [-0.2, 0) is 16.0 Å². The van der Waals surface area contributed by atoms with E-state index in [0.717, 1.165) is 0 Å². The third kappa shape index (κ3) is 7.89. The summed E-state index contributed by atoms with van der Waals surface area (Å²) in [5.41, 5.74) is 0.494. The normalized spacial score (nSPS) is 12.7. The van der Waals surface area contributed by atoms with Crippen LogP contribution in [0.4, 0.5) is 8.78 Å². The third-order valence-corrected chi connectivity index (χ3v) is 3.41. The van der Waals surface area contributed by atoms with Crippen LogP contribution in [0.25, 0.3) is 0 Å². The van der Waals surface area contributed by atoms with Gasteiger partial charge in [-0.2, -0.15) is 8.78 Å². The van der Waals surface area contributed by atoms with Crippen LogP contribution >= 0.6 is 24.0 Å². The minimum Gasteiger partial charge on any atom is -0.454 e. The molecule has 0 amide bonds. The molecule has 0 bridgehead atoms. The second-order valence-electron chi connectivity index (χ2n) is 5.15. The Morgan fingerprint density at radius 1 is 1.19 bits per heavy atom. The topological polar surface area (TPSA) is 82.6 Å². The third-order valence-electron chi connectivity index (χ3n) is 3.41. The smallest absolute Gasteiger partial charge is 0.387 e. The maximum atomic E-state index is 12.6. The summed E-state index contributed by atoms with van der Waals surface area (Å²) >= 11 is 0. The van der Waals surface area contributed by atoms with Crippen molar-refractivity contribution in [3.63, 3.8) is 0 Å². The first-order chi connectivity index (χ1) is 12.6. The maximum absolute atomic E-state index is 12.6. The maximum Gasteiger partial charge on any atom is 0.387 e. The van der Waals surface area contributed by atoms with Crippen LogP contribution in [0.2, 0.25) is 0 Å². The van der Waals surface area contributed by atoms with E-state index in [9.17, 15) is 8.78 Å². The second-order valence-corrected chi connectivity index (χ2v) is 5.15. The molecule has 0 unspecified atom stereocenters. The van der Waals surface area contributed by atoms with Gasteiger partial charge in [0.2, 0.25) is 6.79 Å². The Hall–Kier alpha value is -1.60. The predicted molar refractivity (Wildman–Crippen MR) is 106 cm³/mol. The van der Waals surface area contributed by atoms with Crippen molar-refractivity contribution in [2.24, 2.45) is 4.99 Å². The lowest BCUT2D eigenvalue weighted by Gasteiger charge is -2.15. The predicted octanol–water partition coefficient (Wildman–Crippen LogP) is 1.96. The number of guanidine groups is 1. The van der Waals surface area contributed by atoms with Gasteiger partial charge in [-0.25, -0.2) is 0 Å². The van der Waals surface area contributed by atoms with Crippen molar-refractivity contribution in [2.45, 2.75) is 13.2 Å². The molecule has 11 heteroatoms. The van der Waals surface area contributed by atoms with Crippen molar-refractivity contribution in [3.05, 3.63) is 17.7 Å². The number of rotatable bonds is 10. The van der Waals surface area contributed by atoms with Gasteiger partial charge in [0.1, 0.15) is 5.75 Å². The molecule has 8 nitrogen and oxygen atoms in total. The van der Waals surface area contributed by atoms with Gasteiger partial charge in [-0.1, -0.05) is 0 Å². The zero-order valence-corrected chi connectivity index (χ0v) is 17.5. The highest BCUT2D eigenvalue weighted by molar-refractivity contribution is 14.0. The van der Waals surface area contributed by atoms with E-state index in [4.69, 9.17) is 18.9 Å². The first-order valence-electron chi connectivity index (χ1n) is 8.02. The fraction of sp³-hybridized carbons (Fsp3) is 0.562. The van der Waals surface area contributed by atoms with E-state index >= 15 is 0 Å². The number of aliphatic imine (C=N–C) groups is 1. The quantitative estimate of drug-likeness (QED) is 0.219. The number of ether oxygens (including phenoxy) is 5. The van der Waals surface area contributed by atoms with Gasteiger partial charge in [-0.05, 0) is 6.07 Å². The van der Waals surface area contributed by atoms with Crippen LogP contribution in [-0.4, -0.2) is 59.9 Å². The average molecular weight is 503 g/mol. The number of hydrogen-bond donors (Lipinski definition) is 2. The van der Waals surface area contributed by atoms with Crippen molar-refractivity contribution >= 4 is 29.9 Å². The molecule has 154 valence electrons. The average Bonchev–Trinajstić information content (AvgIpc) is 3.07. The van der Waals surface area contributed by atoms with Gasteiger partial charge in [0, 0.05) is 38.9 Å². The van der Waals surface area contributed by atoms with Gasteiger partial charge in [0.05, 0.1) is 19.8 Å². The molecule has 0 spiro atoms. The Morgan fingerprint density at radius 2 is 1.93 bits per heavy atom. The van der Waals surface area contributed by atoms with Crippen molar-refractivity contribution in [1.82, 2.24) is 10.6 Å². The highest BCUT2D eigenvalue weighted by Crippen LogP contribution is 2.38. The summed E-state index contributed by atoms with van der Waals surface area (Å²) in [4.78, 5) is 4.07. The van der Waals surface area contributed by atoms with Gasteiger partial charge in [0.15, 0.2) is 17.5 Å². The van der Waals surface area contributed by atoms with E-state index in [1.54, 1.807) is 20.2 Å². The molecule has 0 atom stereocenters. The van der Waals surface area contributed by atoms with Crippen LogP contribution in [0.15, 0.2) is 17.1 Å². The first-order valence-corrected chi connectivity index (χ1v) is 8.02. The van der Waals surface area contributed by atoms with E-state index in [2.05, 4.69) is 20.4 Å². The molecule has 1 aliphatic rings. The number of alkyl halides is 2. The fourth-order valence-electron chi connectivity index (χ4n) is 2.19. The van der Waals surface area contributed by atoms with E-state index in [1.807, 2.05) is 0 Å². The van der Waals surface area contributed by atoms with Gasteiger partial charge in [-0.15, -0.1) is 24.0 Å². The Kier molecular flexibility index (Phi) is 11.0. The van der Waals surface area contributed by atoms with Gasteiger partial charge >= 0.3 is 6.61 Å². The molecule has 27 heavy (non-hydrogen) atoms. The van der Waals surface area contributed by atoms with E-state index in [0.29, 0.717) is 49.4 Å². The standard InChI is InChI=1S/C16H23F2N3O5.HI/c1-19-16(20-3-4-23-6-5-22-2)21-9-11-7-13-14(25-10-24-13)8-12(11)26-15(17)18;/h7-8,15H,3-6,9-10H2,1-2H3,(H2,19,20,21);1H. The van der Waals surface area contributed by atoms with Gasteiger partial charge in [0.25, 0.3) is 0 Å². The van der Waals surface area contributed by atoms with Crippen molar-refractivity contribution in [2.75, 3.05) is 47.3 Å². The number of hydrogen-bond acceptors (Lipinski definition) is 6. The Bertz CT molecular complexity index is 608. The summed E-state index contributed by atoms with van der Waals surface area (Å²) in [6.45, 7) is -0.621. The van der Waals surface area contributed by atoms with Gasteiger partial charge in [-0.3, -0.25) is 4.99 Å². The molecule has 2 N–H and O–H groups in total. The van der Waals surface area contributed by atoms with Crippen LogP contribution in [0.1, 0.15) is 5.56 Å². The molecule has 1 heterocycles. The molecule has 2 rings (SSSR count). The Morgan fingerprint density at radius 3 is 2.59 bits per heavy atom. The summed E-state index contributed by atoms with van der Waals surface area (Å²) in [5.74, 6) is 1.38. The molecule has 1 aromatic rings. The fourth-order valence-corrected chi connectivity index (χ4v) is 2.19. The van der Waals surface area contributed by atoms with Crippen LogP contribution in [0.3, 0.4) is 0 Å². The number of methoxy groups -OCH3 is 1. The highest BCUT2D eigenvalue weighted by Gasteiger charge is 2.20. The molecule has 0 aromatic heterocycles. The molecule has 0 saturated carbocycles. The molecular formula is C16H24F2IN3O5. The van der Waals surface area contributed by atoms with Crippen LogP contribution in [0, 0.1) is 0 Å². The summed E-state index contributed by atoms with van der Waals surface area (Å²) in [6.07, 6.45) is 0. The van der Waals surface area contributed by atoms with Crippen molar-refractivity contribution in [1.29, 1.82) is 0 Å². The number of benzene rings is 1. The number of nitrogens with zero attached hydrogens (tertiary/aromatic N) is 1. The zero-order valence-electron chi connectivity index (χ0n) is 15.1. The molecule has 0 aliphatic carbocycles. The molecule has 0 saturated heterocycles. The minimum absolute atomic E-state index is 0. The molecule has 0 fully saturated rings. The summed E-state index contributed by atoms with van der Waals surface area (Å²) in [5, 5.41) is 6.09. The number of nitrogens with one attached hydrogen (secondary N) is 2. The Labute approximate surface area is 173 Å². The lowest BCUT2D eigenvalue weighted by molar-refractivity contribution is -0.0505. The summed E-state index contributed by atoms with van der Waals surface area (Å²) in [7, 11) is 3.22. The van der Waals surface area contributed by atoms with E-state index < -0.39 is 6.61 Å². The lowest BCUT2D eigenvalue weighted by Crippen LogP contribution is -2.38. The Balaban J connectivity index is 0.00000364.